The van der Waals surface area contributed by atoms with Crippen molar-refractivity contribution in [3.8, 4) is 5.75 Å². The van der Waals surface area contributed by atoms with Gasteiger partial charge in [0.2, 0.25) is 0 Å². The van der Waals surface area contributed by atoms with Crippen molar-refractivity contribution in [2.24, 2.45) is 0 Å². The average molecular weight is 508 g/mol. The molecular weight excluding hydrogens is 478 g/mol. The molecule has 2 aliphatic rings. The first-order valence-electron chi connectivity index (χ1n) is 12.1. The van der Waals surface area contributed by atoms with Gasteiger partial charge in [-0.05, 0) is 36.2 Å². The number of nitro benzene ring substituents is 1. The number of carbonyl (C=O) groups is 2. The smallest absolute Gasteiger partial charge is 0.295 e. The van der Waals surface area contributed by atoms with Crippen LogP contribution in [0.15, 0.2) is 66.8 Å². The first-order chi connectivity index (χ1) is 17.9. The van der Waals surface area contributed by atoms with Crippen molar-refractivity contribution in [2.45, 2.75) is 12.5 Å². The average Bonchev–Trinajstić information content (AvgIpc) is 3.17. The van der Waals surface area contributed by atoms with E-state index in [0.717, 1.165) is 13.1 Å². The van der Waals surface area contributed by atoms with Crippen LogP contribution in [0.2, 0.25) is 0 Å². The highest BCUT2D eigenvalue weighted by Crippen LogP contribution is 2.40. The number of non-ortho nitro benzene ring substituents is 1. The summed E-state index contributed by atoms with van der Waals surface area (Å²) in [6.45, 7) is 7.75. The molecule has 2 saturated heterocycles. The Labute approximate surface area is 214 Å². The number of nitrogens with zero attached hydrogens (tertiary/aromatic N) is 3. The number of nitro groups is 1. The minimum Gasteiger partial charge on any atom is -0.507 e. The Balaban J connectivity index is 1.68. The van der Waals surface area contributed by atoms with E-state index in [9.17, 15) is 24.8 Å². The molecule has 2 heterocycles. The zero-order chi connectivity index (χ0) is 26.4. The van der Waals surface area contributed by atoms with Crippen LogP contribution in [0, 0.1) is 10.1 Å². The molecule has 2 aliphatic heterocycles. The number of hydrogen-bond acceptors (Lipinski definition) is 8. The summed E-state index contributed by atoms with van der Waals surface area (Å²) in [5, 5.41) is 22.6. The zero-order valence-corrected chi connectivity index (χ0v) is 20.4. The summed E-state index contributed by atoms with van der Waals surface area (Å²) < 4.78 is 10.8. The molecule has 1 atom stereocenters. The maximum absolute atomic E-state index is 13.2. The number of benzene rings is 2. The number of amides is 1. The molecule has 10 heteroatoms. The van der Waals surface area contributed by atoms with Gasteiger partial charge in [-0.1, -0.05) is 24.8 Å². The van der Waals surface area contributed by atoms with E-state index in [0.29, 0.717) is 49.7 Å². The Morgan fingerprint density at radius 1 is 1.16 bits per heavy atom. The van der Waals surface area contributed by atoms with Crippen molar-refractivity contribution in [2.75, 3.05) is 46.0 Å². The fraction of sp³-hybridized carbons (Fsp3) is 0.333. The van der Waals surface area contributed by atoms with Gasteiger partial charge in [0.15, 0.2) is 0 Å². The van der Waals surface area contributed by atoms with Crippen molar-refractivity contribution in [1.82, 2.24) is 9.80 Å². The maximum atomic E-state index is 13.2. The lowest BCUT2D eigenvalue weighted by Gasteiger charge is -2.29. The summed E-state index contributed by atoms with van der Waals surface area (Å²) in [5.74, 6) is -1.37. The molecule has 0 saturated carbocycles. The SMILES string of the molecule is C=CCOc1ccc(/C(O)=C2\C(=O)C(=O)N(CCCN3CCOCC3)[C@@H]2c2cccc([N+](=O)[O-])c2)cc1. The van der Waals surface area contributed by atoms with Gasteiger partial charge in [-0.25, -0.2) is 0 Å². The van der Waals surface area contributed by atoms with Gasteiger partial charge in [0.1, 0.15) is 18.1 Å². The minimum atomic E-state index is -0.957. The van der Waals surface area contributed by atoms with Crippen LogP contribution < -0.4 is 4.74 Å². The van der Waals surface area contributed by atoms with Gasteiger partial charge in [0.25, 0.3) is 17.4 Å². The fourth-order valence-corrected chi connectivity index (χ4v) is 4.57. The van der Waals surface area contributed by atoms with Gasteiger partial charge < -0.3 is 19.5 Å². The first kappa shape index (κ1) is 26.1. The van der Waals surface area contributed by atoms with Gasteiger partial charge in [0, 0.05) is 43.9 Å². The lowest BCUT2D eigenvalue weighted by atomic mass is 9.95. The van der Waals surface area contributed by atoms with Gasteiger partial charge in [0.05, 0.1) is 29.8 Å². The quantitative estimate of drug-likeness (QED) is 0.130. The number of morpholine rings is 1. The van der Waals surface area contributed by atoms with Gasteiger partial charge in [-0.2, -0.15) is 0 Å². The second-order valence-electron chi connectivity index (χ2n) is 8.78. The molecule has 2 aromatic rings. The number of aliphatic hydroxyl groups is 1. The lowest BCUT2D eigenvalue weighted by Crippen LogP contribution is -2.39. The number of ether oxygens (including phenoxy) is 2. The normalized spacial score (nSPS) is 19.7. The largest absolute Gasteiger partial charge is 0.507 e. The highest BCUT2D eigenvalue weighted by Gasteiger charge is 2.46. The van der Waals surface area contributed by atoms with E-state index in [-0.39, 0.29) is 23.6 Å². The number of Topliss-reactive ketones (excluding diaryl/α,β-unsaturated/α-hetero) is 1. The summed E-state index contributed by atoms with van der Waals surface area (Å²) in [4.78, 5) is 40.9. The molecule has 0 spiro atoms. The first-order valence-corrected chi connectivity index (χ1v) is 12.1. The van der Waals surface area contributed by atoms with Gasteiger partial charge in [-0.3, -0.25) is 24.6 Å². The Kier molecular flexibility index (Phi) is 8.32. The van der Waals surface area contributed by atoms with E-state index in [1.54, 1.807) is 36.4 Å². The molecular formula is C27H29N3O7. The zero-order valence-electron chi connectivity index (χ0n) is 20.4. The van der Waals surface area contributed by atoms with E-state index < -0.39 is 22.7 Å². The van der Waals surface area contributed by atoms with E-state index in [4.69, 9.17) is 9.47 Å². The monoisotopic (exact) mass is 507 g/mol. The third-order valence-electron chi connectivity index (χ3n) is 6.41. The van der Waals surface area contributed by atoms with Crippen LogP contribution in [0.3, 0.4) is 0 Å². The van der Waals surface area contributed by atoms with E-state index >= 15 is 0 Å². The predicted molar refractivity (Wildman–Crippen MR) is 136 cm³/mol. The Morgan fingerprint density at radius 2 is 1.89 bits per heavy atom. The van der Waals surface area contributed by atoms with Crippen molar-refractivity contribution in [3.05, 3.63) is 88.0 Å². The summed E-state index contributed by atoms with van der Waals surface area (Å²) >= 11 is 0. The fourth-order valence-electron chi connectivity index (χ4n) is 4.57. The molecule has 4 rings (SSSR count). The van der Waals surface area contributed by atoms with Crippen molar-refractivity contribution >= 4 is 23.1 Å². The predicted octanol–water partition coefficient (Wildman–Crippen LogP) is 3.30. The standard InChI is InChI=1S/C27H29N3O7/c1-2-15-37-22-9-7-19(8-10-22)25(31)23-24(20-5-3-6-21(18-20)30(34)35)29(27(33)26(23)32)12-4-11-28-13-16-36-17-14-28/h2-3,5-10,18,24,31H,1,4,11-17H2/b25-23+/t24-/m1/s1. The molecule has 194 valence electrons. The second kappa shape index (κ2) is 11.8. The molecule has 0 unspecified atom stereocenters. The highest BCUT2D eigenvalue weighted by atomic mass is 16.6. The lowest BCUT2D eigenvalue weighted by molar-refractivity contribution is -0.384. The molecule has 0 aromatic heterocycles. The number of aliphatic hydroxyl groups excluding tert-OH is 1. The maximum Gasteiger partial charge on any atom is 0.295 e. The molecule has 37 heavy (non-hydrogen) atoms. The van der Waals surface area contributed by atoms with Crippen LogP contribution in [-0.4, -0.2) is 77.5 Å². The number of rotatable bonds is 10. The molecule has 1 amide bonds. The van der Waals surface area contributed by atoms with Crippen LogP contribution in [0.4, 0.5) is 5.69 Å². The Morgan fingerprint density at radius 3 is 2.57 bits per heavy atom. The Hall–Kier alpha value is -4.02. The number of hydrogen-bond donors (Lipinski definition) is 1. The number of likely N-dealkylation sites (tertiary alicyclic amines) is 1. The van der Waals surface area contributed by atoms with Crippen molar-refractivity contribution < 1.29 is 29.1 Å². The second-order valence-corrected chi connectivity index (χ2v) is 8.78. The number of ketones is 1. The summed E-state index contributed by atoms with van der Waals surface area (Å²) in [7, 11) is 0. The van der Waals surface area contributed by atoms with Crippen molar-refractivity contribution in [1.29, 1.82) is 0 Å². The third-order valence-corrected chi connectivity index (χ3v) is 6.41. The summed E-state index contributed by atoms with van der Waals surface area (Å²) in [6, 6.07) is 11.3. The van der Waals surface area contributed by atoms with Crippen LogP contribution in [-0.2, 0) is 14.3 Å². The van der Waals surface area contributed by atoms with Crippen molar-refractivity contribution in [3.63, 3.8) is 0 Å². The van der Waals surface area contributed by atoms with E-state index in [1.807, 2.05) is 0 Å². The molecule has 10 nitrogen and oxygen atoms in total. The van der Waals surface area contributed by atoms with Gasteiger partial charge in [-0.15, -0.1) is 0 Å². The van der Waals surface area contributed by atoms with E-state index in [2.05, 4.69) is 11.5 Å². The molecule has 2 fully saturated rings. The topological polar surface area (TPSA) is 122 Å². The molecule has 0 aliphatic carbocycles. The molecule has 0 bridgehead atoms. The van der Waals surface area contributed by atoms with Crippen LogP contribution in [0.5, 0.6) is 5.75 Å². The van der Waals surface area contributed by atoms with Crippen LogP contribution in [0.1, 0.15) is 23.6 Å². The van der Waals surface area contributed by atoms with Crippen LogP contribution in [0.25, 0.3) is 5.76 Å². The minimum absolute atomic E-state index is 0.100. The van der Waals surface area contributed by atoms with Crippen LogP contribution >= 0.6 is 0 Å². The molecule has 0 radical (unpaired) electrons. The number of carbonyl (C=O) groups excluding carboxylic acids is 2. The summed E-state index contributed by atoms with van der Waals surface area (Å²) in [6.07, 6.45) is 2.20. The molecule has 1 N–H and O–H groups in total. The highest BCUT2D eigenvalue weighted by molar-refractivity contribution is 6.46. The third kappa shape index (κ3) is 5.87. The Bertz CT molecular complexity index is 1200. The summed E-state index contributed by atoms with van der Waals surface area (Å²) in [5.41, 5.74) is 0.441. The molecule has 2 aromatic carbocycles. The van der Waals surface area contributed by atoms with Gasteiger partial charge >= 0.3 is 0 Å². The van der Waals surface area contributed by atoms with E-state index in [1.165, 1.54) is 23.1 Å².